The SMILES string of the molecule is CCN(Cc1nn[nH]n1)C(=O)OC. The van der Waals surface area contributed by atoms with Crippen LogP contribution in [0.5, 0.6) is 0 Å². The molecule has 1 aromatic rings. The summed E-state index contributed by atoms with van der Waals surface area (Å²) in [6, 6.07) is 0. The van der Waals surface area contributed by atoms with Gasteiger partial charge in [-0.1, -0.05) is 5.21 Å². The van der Waals surface area contributed by atoms with Gasteiger partial charge in [0.05, 0.1) is 13.7 Å². The van der Waals surface area contributed by atoms with Gasteiger partial charge in [-0.25, -0.2) is 4.79 Å². The summed E-state index contributed by atoms with van der Waals surface area (Å²) >= 11 is 0. The third kappa shape index (κ3) is 2.39. The Bertz CT molecular complexity index is 260. The number of aromatic amines is 1. The number of H-pyrrole nitrogens is 1. The van der Waals surface area contributed by atoms with Crippen molar-refractivity contribution in [3.8, 4) is 0 Å². The number of amides is 1. The summed E-state index contributed by atoms with van der Waals surface area (Å²) in [5.74, 6) is 0.465. The van der Waals surface area contributed by atoms with Gasteiger partial charge in [-0.15, -0.1) is 10.2 Å². The second-order valence-electron chi connectivity index (χ2n) is 2.31. The third-order valence-electron chi connectivity index (χ3n) is 1.54. The molecule has 0 aliphatic carbocycles. The van der Waals surface area contributed by atoms with E-state index in [1.165, 1.54) is 12.0 Å². The van der Waals surface area contributed by atoms with Crippen LogP contribution in [0.15, 0.2) is 0 Å². The summed E-state index contributed by atoms with van der Waals surface area (Å²) in [5.41, 5.74) is 0. The van der Waals surface area contributed by atoms with Crippen molar-refractivity contribution >= 4 is 6.09 Å². The molecule has 1 amide bonds. The minimum absolute atomic E-state index is 0.305. The lowest BCUT2D eigenvalue weighted by molar-refractivity contribution is 0.122. The van der Waals surface area contributed by atoms with Crippen molar-refractivity contribution in [2.45, 2.75) is 13.5 Å². The van der Waals surface area contributed by atoms with Crippen LogP contribution in [0.3, 0.4) is 0 Å². The van der Waals surface area contributed by atoms with E-state index in [2.05, 4.69) is 25.4 Å². The summed E-state index contributed by atoms with van der Waals surface area (Å²) < 4.78 is 4.55. The Morgan fingerprint density at radius 1 is 1.69 bits per heavy atom. The molecule has 0 bridgehead atoms. The van der Waals surface area contributed by atoms with Crippen LogP contribution in [0.1, 0.15) is 12.7 Å². The van der Waals surface area contributed by atoms with Crippen molar-refractivity contribution in [3.63, 3.8) is 0 Å². The van der Waals surface area contributed by atoms with E-state index in [1.54, 1.807) is 0 Å². The van der Waals surface area contributed by atoms with E-state index in [0.29, 0.717) is 18.9 Å². The Balaban J connectivity index is 2.54. The molecule has 0 atom stereocenters. The average molecular weight is 185 g/mol. The fraction of sp³-hybridized carbons (Fsp3) is 0.667. The number of tetrazole rings is 1. The first-order valence-corrected chi connectivity index (χ1v) is 3.83. The van der Waals surface area contributed by atoms with Crippen LogP contribution >= 0.6 is 0 Å². The van der Waals surface area contributed by atoms with Crippen LogP contribution in [0.4, 0.5) is 4.79 Å². The lowest BCUT2D eigenvalue weighted by atomic mass is 10.5. The topological polar surface area (TPSA) is 84.0 Å². The molecule has 7 heteroatoms. The van der Waals surface area contributed by atoms with Crippen molar-refractivity contribution in [2.75, 3.05) is 13.7 Å². The molecule has 0 aliphatic rings. The van der Waals surface area contributed by atoms with Crippen molar-refractivity contribution in [3.05, 3.63) is 5.82 Å². The second kappa shape index (κ2) is 4.39. The predicted molar refractivity (Wildman–Crippen MR) is 42.7 cm³/mol. The van der Waals surface area contributed by atoms with Crippen molar-refractivity contribution in [1.29, 1.82) is 0 Å². The fourth-order valence-corrected chi connectivity index (χ4v) is 0.855. The van der Waals surface area contributed by atoms with E-state index in [0.717, 1.165) is 0 Å². The number of rotatable bonds is 3. The summed E-state index contributed by atoms with van der Waals surface area (Å²) in [6.45, 7) is 2.69. The van der Waals surface area contributed by atoms with Crippen LogP contribution in [0.2, 0.25) is 0 Å². The summed E-state index contributed by atoms with van der Waals surface area (Å²) in [5, 5.41) is 13.1. The fourth-order valence-electron chi connectivity index (χ4n) is 0.855. The van der Waals surface area contributed by atoms with Crippen LogP contribution in [-0.4, -0.2) is 45.3 Å². The Morgan fingerprint density at radius 3 is 2.92 bits per heavy atom. The van der Waals surface area contributed by atoms with Gasteiger partial charge < -0.3 is 9.64 Å². The van der Waals surface area contributed by atoms with Gasteiger partial charge in [-0.05, 0) is 6.92 Å². The number of hydrogen-bond acceptors (Lipinski definition) is 5. The van der Waals surface area contributed by atoms with E-state index >= 15 is 0 Å². The lowest BCUT2D eigenvalue weighted by Gasteiger charge is -2.16. The largest absolute Gasteiger partial charge is 0.453 e. The number of hydrogen-bond donors (Lipinski definition) is 1. The first kappa shape index (κ1) is 9.43. The van der Waals surface area contributed by atoms with Crippen molar-refractivity contribution in [1.82, 2.24) is 25.5 Å². The molecule has 0 saturated carbocycles. The molecule has 7 nitrogen and oxygen atoms in total. The zero-order valence-corrected chi connectivity index (χ0v) is 7.52. The molecule has 1 N–H and O–H groups in total. The molecular weight excluding hydrogens is 174 g/mol. The molecule has 0 unspecified atom stereocenters. The van der Waals surface area contributed by atoms with E-state index in [4.69, 9.17) is 0 Å². The third-order valence-corrected chi connectivity index (χ3v) is 1.54. The predicted octanol–water partition coefficient (Wildman–Crippen LogP) is -0.212. The summed E-state index contributed by atoms with van der Waals surface area (Å²) in [4.78, 5) is 12.5. The van der Waals surface area contributed by atoms with E-state index in [9.17, 15) is 4.79 Å². The van der Waals surface area contributed by atoms with E-state index in [-0.39, 0.29) is 0 Å². The van der Waals surface area contributed by atoms with Crippen LogP contribution in [0.25, 0.3) is 0 Å². The number of aromatic nitrogens is 4. The Labute approximate surface area is 75.1 Å². The molecule has 0 spiro atoms. The van der Waals surface area contributed by atoms with Crippen LogP contribution in [0, 0.1) is 0 Å². The maximum absolute atomic E-state index is 11.1. The van der Waals surface area contributed by atoms with Crippen molar-refractivity contribution in [2.24, 2.45) is 0 Å². The first-order chi connectivity index (χ1) is 6.27. The van der Waals surface area contributed by atoms with Gasteiger partial charge in [0, 0.05) is 6.54 Å². The van der Waals surface area contributed by atoms with Gasteiger partial charge >= 0.3 is 6.09 Å². The number of nitrogens with one attached hydrogen (secondary N) is 1. The first-order valence-electron chi connectivity index (χ1n) is 3.83. The minimum atomic E-state index is -0.396. The zero-order valence-electron chi connectivity index (χ0n) is 7.52. The van der Waals surface area contributed by atoms with Crippen LogP contribution < -0.4 is 0 Å². The minimum Gasteiger partial charge on any atom is -0.453 e. The van der Waals surface area contributed by atoms with E-state index in [1.807, 2.05) is 6.92 Å². The van der Waals surface area contributed by atoms with E-state index < -0.39 is 6.09 Å². The summed E-state index contributed by atoms with van der Waals surface area (Å²) in [6.07, 6.45) is -0.396. The highest BCUT2D eigenvalue weighted by Crippen LogP contribution is 1.98. The van der Waals surface area contributed by atoms with Gasteiger partial charge in [0.25, 0.3) is 0 Å². The zero-order chi connectivity index (χ0) is 9.68. The molecule has 13 heavy (non-hydrogen) atoms. The number of carbonyl (C=O) groups is 1. The van der Waals surface area contributed by atoms with Gasteiger partial charge in [-0.3, -0.25) is 0 Å². The summed E-state index contributed by atoms with van der Waals surface area (Å²) in [7, 11) is 1.33. The molecule has 0 radical (unpaired) electrons. The smallest absolute Gasteiger partial charge is 0.409 e. The lowest BCUT2D eigenvalue weighted by Crippen LogP contribution is -2.30. The Kier molecular flexibility index (Phi) is 3.18. The highest BCUT2D eigenvalue weighted by atomic mass is 16.5. The van der Waals surface area contributed by atoms with Gasteiger partial charge in [-0.2, -0.15) is 5.21 Å². The van der Waals surface area contributed by atoms with Gasteiger partial charge in [0.15, 0.2) is 5.82 Å². The van der Waals surface area contributed by atoms with Gasteiger partial charge in [0.1, 0.15) is 0 Å². The molecule has 0 saturated heterocycles. The number of ether oxygens (including phenoxy) is 1. The molecule has 0 aliphatic heterocycles. The Hall–Kier alpha value is -1.66. The maximum Gasteiger partial charge on any atom is 0.409 e. The standard InChI is InChI=1S/C6H11N5O2/c1-3-11(6(12)13-2)4-5-7-9-10-8-5/h3-4H2,1-2H3,(H,7,8,9,10). The molecule has 1 aromatic heterocycles. The number of nitrogens with zero attached hydrogens (tertiary/aromatic N) is 4. The molecule has 0 fully saturated rings. The molecule has 0 aromatic carbocycles. The molecular formula is C6H11N5O2. The quantitative estimate of drug-likeness (QED) is 0.704. The molecule has 1 heterocycles. The highest BCUT2D eigenvalue weighted by molar-refractivity contribution is 5.67. The van der Waals surface area contributed by atoms with Gasteiger partial charge in [0.2, 0.25) is 0 Å². The average Bonchev–Trinajstić information content (AvgIpc) is 2.65. The second-order valence-corrected chi connectivity index (χ2v) is 2.31. The highest BCUT2D eigenvalue weighted by Gasteiger charge is 2.13. The normalized spacial score (nSPS) is 9.69. The maximum atomic E-state index is 11.1. The Morgan fingerprint density at radius 2 is 2.46 bits per heavy atom. The number of carbonyl (C=O) groups excluding carboxylic acids is 1. The molecule has 1 rings (SSSR count). The van der Waals surface area contributed by atoms with Crippen molar-refractivity contribution < 1.29 is 9.53 Å². The van der Waals surface area contributed by atoms with Crippen LogP contribution in [-0.2, 0) is 11.3 Å². The number of methoxy groups -OCH3 is 1. The monoisotopic (exact) mass is 185 g/mol. The molecule has 72 valence electrons.